The molecule has 2 saturated heterocycles. The molecule has 150 valence electrons. The Morgan fingerprint density at radius 3 is 2.35 bits per heavy atom. The van der Waals surface area contributed by atoms with E-state index < -0.39 is 0 Å². The van der Waals surface area contributed by atoms with Gasteiger partial charge in [0.05, 0.1) is 18.6 Å². The van der Waals surface area contributed by atoms with E-state index >= 15 is 0 Å². The number of likely N-dealkylation sites (tertiary alicyclic amines) is 2. The van der Waals surface area contributed by atoms with E-state index in [0.29, 0.717) is 6.61 Å². The van der Waals surface area contributed by atoms with E-state index in [9.17, 15) is 4.79 Å². The van der Waals surface area contributed by atoms with Gasteiger partial charge >= 0.3 is 5.97 Å². The van der Waals surface area contributed by atoms with Gasteiger partial charge in [0.1, 0.15) is 6.23 Å². The monoisotopic (exact) mass is 368 g/mol. The summed E-state index contributed by atoms with van der Waals surface area (Å²) in [4.78, 5) is 16.9. The molecule has 0 bridgehead atoms. The molecule has 2 heterocycles. The Bertz CT molecular complexity index is 434. The van der Waals surface area contributed by atoms with E-state index in [1.807, 2.05) is 6.92 Å². The van der Waals surface area contributed by atoms with Gasteiger partial charge in [-0.15, -0.1) is 0 Å². The van der Waals surface area contributed by atoms with Gasteiger partial charge in [0.25, 0.3) is 0 Å². The highest BCUT2D eigenvalue weighted by Gasteiger charge is 2.38. The summed E-state index contributed by atoms with van der Waals surface area (Å²) in [6.07, 6.45) is 8.87. The van der Waals surface area contributed by atoms with E-state index in [0.717, 1.165) is 58.3 Å². The van der Waals surface area contributed by atoms with Crippen LogP contribution in [0.1, 0.15) is 65.2 Å². The number of hydrogen-bond donors (Lipinski definition) is 0. The smallest absolute Gasteiger partial charge is 0.308 e. The fourth-order valence-corrected chi connectivity index (χ4v) is 4.59. The van der Waals surface area contributed by atoms with Crippen LogP contribution in [0.5, 0.6) is 0 Å². The van der Waals surface area contributed by atoms with Gasteiger partial charge in [0.2, 0.25) is 0 Å². The SMILES string of the molecule is CCOC(=O)C1CCC(OC(N2CCCC2)N2CCC[C@@H]2OCC)CC1. The zero-order chi connectivity index (χ0) is 18.4. The number of rotatable bonds is 8. The van der Waals surface area contributed by atoms with E-state index in [1.165, 1.54) is 19.3 Å². The number of esters is 1. The van der Waals surface area contributed by atoms with Crippen molar-refractivity contribution in [3.8, 4) is 0 Å². The van der Waals surface area contributed by atoms with Crippen LogP contribution in [0.2, 0.25) is 0 Å². The summed E-state index contributed by atoms with van der Waals surface area (Å²) in [5.41, 5.74) is 0. The minimum atomic E-state index is -0.0296. The molecule has 3 aliphatic rings. The first kappa shape index (κ1) is 20.1. The second-order valence-electron chi connectivity index (χ2n) is 7.72. The molecular weight excluding hydrogens is 332 g/mol. The zero-order valence-corrected chi connectivity index (χ0v) is 16.5. The molecule has 0 spiro atoms. The van der Waals surface area contributed by atoms with Gasteiger partial charge in [0.15, 0.2) is 6.35 Å². The third-order valence-electron chi connectivity index (χ3n) is 5.94. The summed E-state index contributed by atoms with van der Waals surface area (Å²) in [7, 11) is 0. The van der Waals surface area contributed by atoms with E-state index in [2.05, 4.69) is 16.7 Å². The second-order valence-corrected chi connectivity index (χ2v) is 7.72. The van der Waals surface area contributed by atoms with Crippen LogP contribution < -0.4 is 0 Å². The van der Waals surface area contributed by atoms with E-state index in [4.69, 9.17) is 14.2 Å². The predicted octanol–water partition coefficient (Wildman–Crippen LogP) is 2.96. The van der Waals surface area contributed by atoms with Crippen LogP contribution in [-0.4, -0.2) is 67.3 Å². The highest BCUT2D eigenvalue weighted by molar-refractivity contribution is 5.72. The van der Waals surface area contributed by atoms with E-state index in [1.54, 1.807) is 0 Å². The van der Waals surface area contributed by atoms with Gasteiger partial charge < -0.3 is 14.2 Å². The number of ether oxygens (including phenoxy) is 3. The zero-order valence-electron chi connectivity index (χ0n) is 16.5. The lowest BCUT2D eigenvalue weighted by Gasteiger charge is -2.41. The Morgan fingerprint density at radius 2 is 1.69 bits per heavy atom. The summed E-state index contributed by atoms with van der Waals surface area (Å²) < 4.78 is 17.8. The van der Waals surface area contributed by atoms with Crippen LogP contribution >= 0.6 is 0 Å². The van der Waals surface area contributed by atoms with Crippen LogP contribution in [0.15, 0.2) is 0 Å². The minimum absolute atomic E-state index is 0.0284. The largest absolute Gasteiger partial charge is 0.466 e. The lowest BCUT2D eigenvalue weighted by molar-refractivity contribution is -0.217. The first-order chi connectivity index (χ1) is 12.7. The van der Waals surface area contributed by atoms with Crippen LogP contribution in [0.25, 0.3) is 0 Å². The Morgan fingerprint density at radius 1 is 0.962 bits per heavy atom. The minimum Gasteiger partial charge on any atom is -0.466 e. The third-order valence-corrected chi connectivity index (χ3v) is 5.94. The molecule has 0 aromatic heterocycles. The summed E-state index contributed by atoms with van der Waals surface area (Å²) in [6.45, 7) is 8.43. The molecule has 3 rings (SSSR count). The second kappa shape index (κ2) is 10.0. The number of hydrogen-bond acceptors (Lipinski definition) is 6. The molecule has 6 heteroatoms. The van der Waals surface area contributed by atoms with Crippen molar-refractivity contribution >= 4 is 5.97 Å². The van der Waals surface area contributed by atoms with Gasteiger partial charge in [-0.25, -0.2) is 4.90 Å². The maximum atomic E-state index is 12.0. The molecule has 2 aliphatic heterocycles. The quantitative estimate of drug-likeness (QED) is 0.614. The molecule has 0 aromatic rings. The van der Waals surface area contributed by atoms with Gasteiger partial charge in [-0.2, -0.15) is 0 Å². The highest BCUT2D eigenvalue weighted by atomic mass is 16.6. The van der Waals surface area contributed by atoms with Crippen LogP contribution in [0.3, 0.4) is 0 Å². The number of carbonyl (C=O) groups excluding carboxylic acids is 1. The van der Waals surface area contributed by atoms with Crippen molar-refractivity contribution in [2.45, 2.75) is 83.9 Å². The topological polar surface area (TPSA) is 51.2 Å². The average Bonchev–Trinajstić information content (AvgIpc) is 3.33. The van der Waals surface area contributed by atoms with Crippen molar-refractivity contribution in [2.75, 3.05) is 32.8 Å². The number of nitrogens with zero attached hydrogens (tertiary/aromatic N) is 2. The fraction of sp³-hybridized carbons (Fsp3) is 0.950. The van der Waals surface area contributed by atoms with Crippen molar-refractivity contribution < 1.29 is 19.0 Å². The van der Waals surface area contributed by atoms with Gasteiger partial charge in [-0.1, -0.05) is 0 Å². The lowest BCUT2D eigenvalue weighted by Crippen LogP contribution is -2.53. The van der Waals surface area contributed by atoms with Crippen LogP contribution in [0.4, 0.5) is 0 Å². The molecule has 6 nitrogen and oxygen atoms in total. The predicted molar refractivity (Wildman–Crippen MR) is 99.4 cm³/mol. The molecule has 1 saturated carbocycles. The van der Waals surface area contributed by atoms with Crippen LogP contribution in [-0.2, 0) is 19.0 Å². The standard InChI is InChI=1S/C20H36N2O4/c1-3-24-18-8-7-15-22(18)20(21-13-5-6-14-21)26-17-11-9-16(10-12-17)19(23)25-4-2/h16-18,20H,3-15H2,1-2H3/t16?,17?,18-,20?/m0/s1. The normalized spacial score (nSPS) is 32.0. The molecule has 26 heavy (non-hydrogen) atoms. The van der Waals surface area contributed by atoms with Crippen molar-refractivity contribution in [3.05, 3.63) is 0 Å². The van der Waals surface area contributed by atoms with Crippen LogP contribution in [0, 0.1) is 5.92 Å². The summed E-state index contributed by atoms with van der Waals surface area (Å²) in [5.74, 6) is 0.0287. The fourth-order valence-electron chi connectivity index (χ4n) is 4.59. The molecule has 0 radical (unpaired) electrons. The summed E-state index contributed by atoms with van der Waals surface area (Å²) >= 11 is 0. The molecule has 1 aliphatic carbocycles. The first-order valence-corrected chi connectivity index (χ1v) is 10.7. The van der Waals surface area contributed by atoms with Gasteiger partial charge in [0, 0.05) is 26.2 Å². The Balaban J connectivity index is 1.57. The molecule has 1 unspecified atom stereocenters. The summed E-state index contributed by atoms with van der Waals surface area (Å²) in [6, 6.07) is 0. The molecule has 0 N–H and O–H groups in total. The van der Waals surface area contributed by atoms with Gasteiger partial charge in [-0.3, -0.25) is 9.69 Å². The summed E-state index contributed by atoms with van der Waals surface area (Å²) in [5, 5.41) is 0. The Labute approximate surface area is 158 Å². The maximum Gasteiger partial charge on any atom is 0.308 e. The molecular formula is C20H36N2O4. The van der Waals surface area contributed by atoms with Crippen molar-refractivity contribution in [3.63, 3.8) is 0 Å². The Hall–Kier alpha value is -0.690. The average molecular weight is 369 g/mol. The Kier molecular flexibility index (Phi) is 7.73. The van der Waals surface area contributed by atoms with Crippen molar-refractivity contribution in [2.24, 2.45) is 5.92 Å². The molecule has 3 fully saturated rings. The van der Waals surface area contributed by atoms with Gasteiger partial charge in [-0.05, 0) is 65.2 Å². The first-order valence-electron chi connectivity index (χ1n) is 10.7. The van der Waals surface area contributed by atoms with Crippen molar-refractivity contribution in [1.29, 1.82) is 0 Å². The van der Waals surface area contributed by atoms with E-state index in [-0.39, 0.29) is 30.6 Å². The molecule has 0 aromatic carbocycles. The highest BCUT2D eigenvalue weighted by Crippen LogP contribution is 2.32. The van der Waals surface area contributed by atoms with Crippen molar-refractivity contribution in [1.82, 2.24) is 9.80 Å². The molecule has 0 amide bonds. The lowest BCUT2D eigenvalue weighted by atomic mass is 9.87. The maximum absolute atomic E-state index is 12.0. The number of carbonyl (C=O) groups is 1. The third kappa shape index (κ3) is 4.97. The molecule has 2 atom stereocenters.